The van der Waals surface area contributed by atoms with Gasteiger partial charge in [0.15, 0.2) is 5.16 Å². The minimum Gasteiger partial charge on any atom is -0.467 e. The molecule has 0 spiro atoms. The standard InChI is InChI=1S/C18H19N5O4S/c1-12(13-4-2-5-14(10-13)23(25)26)28-18-21-20-17(8-7-16(19)24)22(18)11-15-6-3-9-27-15/h2-6,9-10,12H,7-8,11H2,1H3,(H2,19,24). The predicted octanol–water partition coefficient (Wildman–Crippen LogP) is 3.10. The van der Waals surface area contributed by atoms with E-state index < -0.39 is 10.8 Å². The quantitative estimate of drug-likeness (QED) is 0.331. The van der Waals surface area contributed by atoms with Gasteiger partial charge in [-0.25, -0.2) is 0 Å². The molecule has 0 radical (unpaired) electrons. The number of carbonyl (C=O) groups is 1. The fourth-order valence-corrected chi connectivity index (χ4v) is 3.64. The first-order valence-corrected chi connectivity index (χ1v) is 9.45. The lowest BCUT2D eigenvalue weighted by atomic mass is 10.1. The molecule has 146 valence electrons. The summed E-state index contributed by atoms with van der Waals surface area (Å²) in [6, 6.07) is 10.2. The van der Waals surface area contributed by atoms with Crippen LogP contribution in [0.25, 0.3) is 0 Å². The van der Waals surface area contributed by atoms with E-state index in [1.807, 2.05) is 23.6 Å². The van der Waals surface area contributed by atoms with E-state index in [1.165, 1.54) is 17.8 Å². The van der Waals surface area contributed by atoms with Crippen molar-refractivity contribution in [2.45, 2.75) is 36.7 Å². The van der Waals surface area contributed by atoms with E-state index >= 15 is 0 Å². The lowest BCUT2D eigenvalue weighted by Crippen LogP contribution is -2.14. The Hall–Kier alpha value is -3.14. The fraction of sp³-hybridized carbons (Fsp3) is 0.278. The highest BCUT2D eigenvalue weighted by atomic mass is 32.2. The fourth-order valence-electron chi connectivity index (χ4n) is 2.66. The van der Waals surface area contributed by atoms with Gasteiger partial charge in [-0.1, -0.05) is 23.9 Å². The number of thioether (sulfide) groups is 1. The monoisotopic (exact) mass is 401 g/mol. The van der Waals surface area contributed by atoms with E-state index in [2.05, 4.69) is 10.2 Å². The van der Waals surface area contributed by atoms with E-state index in [9.17, 15) is 14.9 Å². The summed E-state index contributed by atoms with van der Waals surface area (Å²) in [6.07, 6.45) is 2.12. The van der Waals surface area contributed by atoms with Crippen LogP contribution < -0.4 is 5.73 Å². The first-order valence-electron chi connectivity index (χ1n) is 8.58. The third-order valence-corrected chi connectivity index (χ3v) is 5.25. The van der Waals surface area contributed by atoms with Crippen molar-refractivity contribution in [1.29, 1.82) is 0 Å². The maximum Gasteiger partial charge on any atom is 0.269 e. The van der Waals surface area contributed by atoms with Gasteiger partial charge in [0, 0.05) is 30.2 Å². The molecule has 0 saturated heterocycles. The van der Waals surface area contributed by atoms with Crippen molar-refractivity contribution in [3.05, 3.63) is 69.9 Å². The second kappa shape index (κ2) is 8.70. The molecule has 0 aliphatic heterocycles. The summed E-state index contributed by atoms with van der Waals surface area (Å²) in [6.45, 7) is 2.36. The number of carbonyl (C=O) groups excluding carboxylic acids is 1. The average molecular weight is 401 g/mol. The smallest absolute Gasteiger partial charge is 0.269 e. The van der Waals surface area contributed by atoms with Gasteiger partial charge in [-0.3, -0.25) is 19.5 Å². The summed E-state index contributed by atoms with van der Waals surface area (Å²) in [5.74, 6) is 0.945. The summed E-state index contributed by atoms with van der Waals surface area (Å²) in [7, 11) is 0. The molecule has 0 aliphatic rings. The van der Waals surface area contributed by atoms with Crippen molar-refractivity contribution < 1.29 is 14.1 Å². The zero-order valence-corrected chi connectivity index (χ0v) is 16.0. The number of hydrogen-bond donors (Lipinski definition) is 1. The number of non-ortho nitro benzene ring substituents is 1. The lowest BCUT2D eigenvalue weighted by molar-refractivity contribution is -0.384. The molecule has 0 aliphatic carbocycles. The van der Waals surface area contributed by atoms with Gasteiger partial charge in [-0.15, -0.1) is 10.2 Å². The number of nitro benzene ring substituents is 1. The number of nitrogens with zero attached hydrogens (tertiary/aromatic N) is 4. The van der Waals surface area contributed by atoms with Crippen molar-refractivity contribution in [2.24, 2.45) is 5.73 Å². The molecular weight excluding hydrogens is 382 g/mol. The number of nitro groups is 1. The number of amides is 1. The number of nitrogens with two attached hydrogens (primary N) is 1. The average Bonchev–Trinajstić information content (AvgIpc) is 3.31. The van der Waals surface area contributed by atoms with E-state index in [0.717, 1.165) is 11.3 Å². The normalized spacial score (nSPS) is 12.0. The van der Waals surface area contributed by atoms with Crippen LogP contribution >= 0.6 is 11.8 Å². The van der Waals surface area contributed by atoms with Gasteiger partial charge in [-0.2, -0.15) is 0 Å². The van der Waals surface area contributed by atoms with Crippen LogP contribution in [0.15, 0.2) is 52.2 Å². The van der Waals surface area contributed by atoms with Crippen LogP contribution in [0.4, 0.5) is 5.69 Å². The summed E-state index contributed by atoms with van der Waals surface area (Å²) in [4.78, 5) is 21.7. The van der Waals surface area contributed by atoms with Gasteiger partial charge in [0.25, 0.3) is 5.69 Å². The molecule has 0 bridgehead atoms. The van der Waals surface area contributed by atoms with E-state index in [1.54, 1.807) is 24.5 Å². The number of primary amides is 1. The molecule has 1 amide bonds. The van der Waals surface area contributed by atoms with Crippen LogP contribution in [0.5, 0.6) is 0 Å². The second-order valence-corrected chi connectivity index (χ2v) is 7.45. The Bertz CT molecular complexity index is 970. The third-order valence-electron chi connectivity index (χ3n) is 4.12. The number of aromatic nitrogens is 3. The van der Waals surface area contributed by atoms with Crippen molar-refractivity contribution in [3.63, 3.8) is 0 Å². The van der Waals surface area contributed by atoms with Gasteiger partial charge in [-0.05, 0) is 24.6 Å². The summed E-state index contributed by atoms with van der Waals surface area (Å²) in [5.41, 5.74) is 6.11. The topological polar surface area (TPSA) is 130 Å². The Balaban J connectivity index is 1.84. The number of aryl methyl sites for hydroxylation is 1. The maximum atomic E-state index is 11.1. The molecule has 28 heavy (non-hydrogen) atoms. The molecule has 1 unspecified atom stereocenters. The van der Waals surface area contributed by atoms with Crippen LogP contribution in [0.3, 0.4) is 0 Å². The van der Waals surface area contributed by atoms with Gasteiger partial charge < -0.3 is 10.2 Å². The Morgan fingerprint density at radius 2 is 2.18 bits per heavy atom. The molecule has 0 saturated carbocycles. The molecule has 2 N–H and O–H groups in total. The van der Waals surface area contributed by atoms with E-state index in [-0.39, 0.29) is 17.4 Å². The largest absolute Gasteiger partial charge is 0.467 e. The molecular formula is C18H19N5O4S. The molecule has 1 aromatic carbocycles. The summed E-state index contributed by atoms with van der Waals surface area (Å²) < 4.78 is 7.30. The molecule has 2 heterocycles. The molecule has 2 aromatic heterocycles. The van der Waals surface area contributed by atoms with E-state index in [4.69, 9.17) is 10.2 Å². The van der Waals surface area contributed by atoms with Crippen molar-refractivity contribution in [2.75, 3.05) is 0 Å². The highest BCUT2D eigenvalue weighted by Gasteiger charge is 2.19. The first kappa shape index (κ1) is 19.6. The Kier molecular flexibility index (Phi) is 6.09. The Labute approximate surface area is 165 Å². The zero-order valence-electron chi connectivity index (χ0n) is 15.1. The highest BCUT2D eigenvalue weighted by Crippen LogP contribution is 2.35. The number of rotatable bonds is 9. The molecule has 10 heteroatoms. The van der Waals surface area contributed by atoms with Crippen LogP contribution in [-0.2, 0) is 17.8 Å². The van der Waals surface area contributed by atoms with Crippen molar-refractivity contribution >= 4 is 23.4 Å². The van der Waals surface area contributed by atoms with Gasteiger partial charge >= 0.3 is 0 Å². The second-order valence-electron chi connectivity index (χ2n) is 6.14. The first-order chi connectivity index (χ1) is 13.4. The Morgan fingerprint density at radius 1 is 1.36 bits per heavy atom. The number of furan rings is 1. The van der Waals surface area contributed by atoms with Crippen LogP contribution in [-0.4, -0.2) is 25.6 Å². The van der Waals surface area contributed by atoms with Crippen LogP contribution in [0.1, 0.15) is 35.7 Å². The lowest BCUT2D eigenvalue weighted by Gasteiger charge is -2.13. The summed E-state index contributed by atoms with van der Waals surface area (Å²) in [5, 5.41) is 20.0. The molecule has 3 rings (SSSR count). The van der Waals surface area contributed by atoms with Gasteiger partial charge in [0.05, 0.1) is 17.7 Å². The third kappa shape index (κ3) is 4.77. The van der Waals surface area contributed by atoms with Crippen LogP contribution in [0, 0.1) is 10.1 Å². The Morgan fingerprint density at radius 3 is 2.86 bits per heavy atom. The van der Waals surface area contributed by atoms with Gasteiger partial charge in [0.2, 0.25) is 5.91 Å². The maximum absolute atomic E-state index is 11.1. The minimum absolute atomic E-state index is 0.0455. The number of hydrogen-bond acceptors (Lipinski definition) is 7. The molecule has 1 atom stereocenters. The van der Waals surface area contributed by atoms with Crippen molar-refractivity contribution in [1.82, 2.24) is 14.8 Å². The van der Waals surface area contributed by atoms with E-state index in [0.29, 0.717) is 23.9 Å². The van der Waals surface area contributed by atoms with Crippen LogP contribution in [0.2, 0.25) is 0 Å². The predicted molar refractivity (Wildman–Crippen MR) is 103 cm³/mol. The number of benzene rings is 1. The van der Waals surface area contributed by atoms with Gasteiger partial charge in [0.1, 0.15) is 11.6 Å². The molecule has 9 nitrogen and oxygen atoms in total. The van der Waals surface area contributed by atoms with Crippen molar-refractivity contribution in [3.8, 4) is 0 Å². The summed E-state index contributed by atoms with van der Waals surface area (Å²) >= 11 is 1.43. The highest BCUT2D eigenvalue weighted by molar-refractivity contribution is 7.99. The minimum atomic E-state index is -0.414. The molecule has 0 fully saturated rings. The molecule has 3 aromatic rings. The SMILES string of the molecule is CC(Sc1nnc(CCC(N)=O)n1Cc1ccco1)c1cccc([N+](=O)[O-])c1. The zero-order chi connectivity index (χ0) is 20.1.